The monoisotopic (exact) mass is 242 g/mol. The first-order valence-electron chi connectivity index (χ1n) is 7.05. The van der Waals surface area contributed by atoms with Crippen LogP contribution in [0.4, 0.5) is 0 Å². The summed E-state index contributed by atoms with van der Waals surface area (Å²) in [4.78, 5) is 0. The van der Waals surface area contributed by atoms with Crippen molar-refractivity contribution in [1.82, 2.24) is 0 Å². The van der Waals surface area contributed by atoms with Crippen LogP contribution in [0.25, 0.3) is 5.57 Å². The number of hydrogen-bond acceptors (Lipinski definition) is 0. The van der Waals surface area contributed by atoms with E-state index in [9.17, 15) is 0 Å². The van der Waals surface area contributed by atoms with Crippen LogP contribution in [0.2, 0.25) is 0 Å². The van der Waals surface area contributed by atoms with Crippen LogP contribution < -0.4 is 0 Å². The fourth-order valence-electron chi connectivity index (χ4n) is 2.56. The molecule has 0 saturated carbocycles. The standard InChI is InChI=1S/C18H26/c1-6-15(7-2)13-17-12-10-11-14(5)18(17)16(8-3)9-4/h8-12,15H,3,6-7,13H2,1-2,4-5H3/b16-9+. The van der Waals surface area contributed by atoms with Crippen molar-refractivity contribution in [2.45, 2.75) is 47.0 Å². The van der Waals surface area contributed by atoms with Gasteiger partial charge in [-0.15, -0.1) is 0 Å². The molecule has 1 aromatic rings. The Morgan fingerprint density at radius 3 is 2.44 bits per heavy atom. The van der Waals surface area contributed by atoms with E-state index in [1.54, 1.807) is 0 Å². The molecule has 1 rings (SSSR count). The molecular weight excluding hydrogens is 216 g/mol. The summed E-state index contributed by atoms with van der Waals surface area (Å²) < 4.78 is 0. The number of benzene rings is 1. The molecule has 0 heteroatoms. The summed E-state index contributed by atoms with van der Waals surface area (Å²) in [7, 11) is 0. The third-order valence-corrected chi connectivity index (χ3v) is 3.84. The molecule has 0 nitrogen and oxygen atoms in total. The lowest BCUT2D eigenvalue weighted by molar-refractivity contribution is 0.490. The van der Waals surface area contributed by atoms with Gasteiger partial charge in [-0.05, 0) is 48.4 Å². The topological polar surface area (TPSA) is 0 Å². The van der Waals surface area contributed by atoms with Gasteiger partial charge in [-0.1, -0.05) is 63.6 Å². The van der Waals surface area contributed by atoms with Crippen LogP contribution in [0.15, 0.2) is 36.9 Å². The second kappa shape index (κ2) is 7.20. The fraction of sp³-hybridized carbons (Fsp3) is 0.444. The van der Waals surface area contributed by atoms with Gasteiger partial charge < -0.3 is 0 Å². The molecule has 0 bridgehead atoms. The Hall–Kier alpha value is -1.30. The number of allylic oxidation sites excluding steroid dienone is 3. The maximum atomic E-state index is 3.94. The van der Waals surface area contributed by atoms with Crippen LogP contribution in [0, 0.1) is 12.8 Å². The highest BCUT2D eigenvalue weighted by atomic mass is 14.2. The summed E-state index contributed by atoms with van der Waals surface area (Å²) >= 11 is 0. The molecule has 0 unspecified atom stereocenters. The second-order valence-corrected chi connectivity index (χ2v) is 4.94. The predicted octanol–water partition coefficient (Wildman–Crippen LogP) is 5.56. The summed E-state index contributed by atoms with van der Waals surface area (Å²) in [6.45, 7) is 12.8. The molecule has 0 saturated heterocycles. The van der Waals surface area contributed by atoms with Crippen molar-refractivity contribution in [3.05, 3.63) is 53.6 Å². The van der Waals surface area contributed by atoms with Crippen molar-refractivity contribution in [2.24, 2.45) is 5.92 Å². The Labute approximate surface area is 112 Å². The number of rotatable bonds is 6. The fourth-order valence-corrected chi connectivity index (χ4v) is 2.56. The first-order chi connectivity index (χ1) is 8.67. The van der Waals surface area contributed by atoms with Gasteiger partial charge in [0.05, 0.1) is 0 Å². The predicted molar refractivity (Wildman–Crippen MR) is 82.8 cm³/mol. The summed E-state index contributed by atoms with van der Waals surface area (Å²) in [6.07, 6.45) is 7.81. The van der Waals surface area contributed by atoms with Crippen molar-refractivity contribution in [3.8, 4) is 0 Å². The highest BCUT2D eigenvalue weighted by Crippen LogP contribution is 2.27. The zero-order valence-corrected chi connectivity index (χ0v) is 12.3. The first-order valence-corrected chi connectivity index (χ1v) is 7.05. The van der Waals surface area contributed by atoms with Crippen LogP contribution in [0.3, 0.4) is 0 Å². The first kappa shape index (κ1) is 14.8. The van der Waals surface area contributed by atoms with E-state index in [0.717, 1.165) is 5.92 Å². The van der Waals surface area contributed by atoms with E-state index >= 15 is 0 Å². The van der Waals surface area contributed by atoms with E-state index in [2.05, 4.69) is 58.5 Å². The van der Waals surface area contributed by atoms with E-state index in [1.807, 2.05) is 6.08 Å². The average Bonchev–Trinajstić information content (AvgIpc) is 2.39. The SMILES string of the molecule is C=C/C(=C\C)c1c(C)cccc1CC(CC)CC. The molecule has 18 heavy (non-hydrogen) atoms. The summed E-state index contributed by atoms with van der Waals surface area (Å²) in [5, 5.41) is 0. The molecule has 0 aliphatic carbocycles. The lowest BCUT2D eigenvalue weighted by Gasteiger charge is -2.18. The zero-order chi connectivity index (χ0) is 13.5. The highest BCUT2D eigenvalue weighted by molar-refractivity contribution is 5.77. The number of hydrogen-bond donors (Lipinski definition) is 0. The lowest BCUT2D eigenvalue weighted by atomic mass is 9.87. The molecule has 1 aromatic carbocycles. The minimum absolute atomic E-state index is 0.786. The molecule has 98 valence electrons. The van der Waals surface area contributed by atoms with Crippen molar-refractivity contribution in [1.29, 1.82) is 0 Å². The minimum Gasteiger partial charge on any atom is -0.0985 e. The minimum atomic E-state index is 0.786. The number of aryl methyl sites for hydroxylation is 1. The quantitative estimate of drug-likeness (QED) is 0.573. The molecule has 0 amide bonds. The third kappa shape index (κ3) is 3.35. The Morgan fingerprint density at radius 2 is 1.94 bits per heavy atom. The molecule has 0 atom stereocenters. The van der Waals surface area contributed by atoms with Crippen LogP contribution in [-0.4, -0.2) is 0 Å². The molecular formula is C18H26. The van der Waals surface area contributed by atoms with Crippen LogP contribution >= 0.6 is 0 Å². The highest BCUT2D eigenvalue weighted by Gasteiger charge is 2.12. The Morgan fingerprint density at radius 1 is 1.28 bits per heavy atom. The van der Waals surface area contributed by atoms with E-state index in [1.165, 1.54) is 41.5 Å². The summed E-state index contributed by atoms with van der Waals surface area (Å²) in [5.41, 5.74) is 5.47. The Bertz CT molecular complexity index is 420. The molecule has 0 heterocycles. The van der Waals surface area contributed by atoms with Gasteiger partial charge in [0.15, 0.2) is 0 Å². The van der Waals surface area contributed by atoms with Crippen molar-refractivity contribution in [3.63, 3.8) is 0 Å². The largest absolute Gasteiger partial charge is 0.0985 e. The van der Waals surface area contributed by atoms with Crippen LogP contribution in [0.5, 0.6) is 0 Å². The van der Waals surface area contributed by atoms with Gasteiger partial charge in [-0.2, -0.15) is 0 Å². The normalized spacial score (nSPS) is 11.9. The molecule has 0 fully saturated rings. The summed E-state index contributed by atoms with van der Waals surface area (Å²) in [5.74, 6) is 0.786. The zero-order valence-electron chi connectivity index (χ0n) is 12.3. The Kier molecular flexibility index (Phi) is 5.91. The van der Waals surface area contributed by atoms with Gasteiger partial charge in [-0.3, -0.25) is 0 Å². The van der Waals surface area contributed by atoms with Crippen molar-refractivity contribution >= 4 is 5.57 Å². The Balaban J connectivity index is 3.19. The third-order valence-electron chi connectivity index (χ3n) is 3.84. The molecule has 0 aliphatic heterocycles. The van der Waals surface area contributed by atoms with E-state index in [0.29, 0.717) is 0 Å². The van der Waals surface area contributed by atoms with Gasteiger partial charge in [0.1, 0.15) is 0 Å². The molecule has 0 aliphatic rings. The van der Waals surface area contributed by atoms with Gasteiger partial charge in [0.25, 0.3) is 0 Å². The summed E-state index contributed by atoms with van der Waals surface area (Å²) in [6, 6.07) is 6.64. The average molecular weight is 242 g/mol. The van der Waals surface area contributed by atoms with E-state index < -0.39 is 0 Å². The van der Waals surface area contributed by atoms with Gasteiger partial charge in [-0.25, -0.2) is 0 Å². The van der Waals surface area contributed by atoms with Crippen LogP contribution in [0.1, 0.15) is 50.3 Å². The van der Waals surface area contributed by atoms with Gasteiger partial charge in [0.2, 0.25) is 0 Å². The van der Waals surface area contributed by atoms with Gasteiger partial charge in [0, 0.05) is 0 Å². The lowest BCUT2D eigenvalue weighted by Crippen LogP contribution is -2.05. The van der Waals surface area contributed by atoms with E-state index in [-0.39, 0.29) is 0 Å². The van der Waals surface area contributed by atoms with Crippen LogP contribution in [-0.2, 0) is 6.42 Å². The maximum absolute atomic E-state index is 3.94. The van der Waals surface area contributed by atoms with E-state index in [4.69, 9.17) is 0 Å². The van der Waals surface area contributed by atoms with Crippen molar-refractivity contribution in [2.75, 3.05) is 0 Å². The molecule has 0 N–H and O–H groups in total. The maximum Gasteiger partial charge on any atom is -0.0126 e. The van der Waals surface area contributed by atoms with Gasteiger partial charge >= 0.3 is 0 Å². The smallest absolute Gasteiger partial charge is 0.0126 e. The molecule has 0 radical (unpaired) electrons. The van der Waals surface area contributed by atoms with Crippen molar-refractivity contribution < 1.29 is 0 Å². The molecule has 0 spiro atoms. The second-order valence-electron chi connectivity index (χ2n) is 4.94. The molecule has 0 aromatic heterocycles.